The van der Waals surface area contributed by atoms with E-state index in [1.807, 2.05) is 19.1 Å². The number of benzene rings is 2. The lowest BCUT2D eigenvalue weighted by molar-refractivity contribution is -0.132. The van der Waals surface area contributed by atoms with Crippen molar-refractivity contribution in [1.29, 1.82) is 0 Å². The van der Waals surface area contributed by atoms with Crippen LogP contribution in [0.4, 0.5) is 0 Å². The molecule has 7 nitrogen and oxygen atoms in total. The summed E-state index contributed by atoms with van der Waals surface area (Å²) in [6, 6.07) is 8.92. The number of rotatable bonds is 6. The smallest absolute Gasteiger partial charge is 0.308 e. The van der Waals surface area contributed by atoms with Gasteiger partial charge in [0.1, 0.15) is 5.82 Å². The number of fused-ring (bicyclic) bond motifs is 1. The van der Waals surface area contributed by atoms with Crippen molar-refractivity contribution in [3.8, 4) is 11.5 Å². The Kier molecular flexibility index (Phi) is 7.83. The Morgan fingerprint density at radius 1 is 1.18 bits per heavy atom. The standard InChI is InChI=1S/C25H25Br2N3O4/c1-3-33-22-11-17(20(27)13-23(22)34-15(2)31)14-28-30-24(16-7-5-4-6-8-16)29-21-10-9-18(26)12-19(21)25(30)32/h9-14,16H,3-8H2,1-2H3. The summed E-state index contributed by atoms with van der Waals surface area (Å²) in [5, 5.41) is 5.10. The number of carbonyl (C=O) groups is 1. The minimum absolute atomic E-state index is 0.181. The van der Waals surface area contributed by atoms with Crippen LogP contribution < -0.4 is 15.0 Å². The lowest BCUT2D eigenvalue weighted by Crippen LogP contribution is -2.25. The lowest BCUT2D eigenvalue weighted by atomic mass is 9.88. The fourth-order valence-electron chi connectivity index (χ4n) is 4.18. The average molecular weight is 591 g/mol. The molecule has 9 heteroatoms. The molecule has 0 saturated heterocycles. The fourth-order valence-corrected chi connectivity index (χ4v) is 4.96. The Morgan fingerprint density at radius 3 is 2.65 bits per heavy atom. The van der Waals surface area contributed by atoms with Crippen LogP contribution in [0.2, 0.25) is 0 Å². The van der Waals surface area contributed by atoms with Crippen LogP contribution in [0.5, 0.6) is 11.5 Å². The van der Waals surface area contributed by atoms with Gasteiger partial charge in [-0.25, -0.2) is 4.98 Å². The molecule has 0 spiro atoms. The van der Waals surface area contributed by atoms with Crippen molar-refractivity contribution in [2.75, 3.05) is 6.61 Å². The first-order valence-corrected chi connectivity index (χ1v) is 12.9. The van der Waals surface area contributed by atoms with E-state index in [4.69, 9.17) is 14.5 Å². The topological polar surface area (TPSA) is 82.8 Å². The van der Waals surface area contributed by atoms with Crippen molar-refractivity contribution in [2.45, 2.75) is 51.9 Å². The Morgan fingerprint density at radius 2 is 1.94 bits per heavy atom. The number of carbonyl (C=O) groups excluding carboxylic acids is 1. The minimum atomic E-state index is -0.439. The van der Waals surface area contributed by atoms with Gasteiger partial charge in [0.15, 0.2) is 11.5 Å². The van der Waals surface area contributed by atoms with E-state index in [-0.39, 0.29) is 11.5 Å². The number of nitrogens with zero attached hydrogens (tertiary/aromatic N) is 3. The molecule has 178 valence electrons. The van der Waals surface area contributed by atoms with Crippen LogP contribution in [-0.4, -0.2) is 28.5 Å². The summed E-state index contributed by atoms with van der Waals surface area (Å²) in [7, 11) is 0. The second kappa shape index (κ2) is 10.8. The Balaban J connectivity index is 1.82. The van der Waals surface area contributed by atoms with Crippen molar-refractivity contribution < 1.29 is 14.3 Å². The third-order valence-electron chi connectivity index (χ3n) is 5.73. The SMILES string of the molecule is CCOc1cc(C=Nn2c(C3CCCCC3)nc3ccc(Br)cc3c2=O)c(Br)cc1OC(C)=O. The molecule has 34 heavy (non-hydrogen) atoms. The van der Waals surface area contributed by atoms with Crippen molar-refractivity contribution in [3.05, 3.63) is 61.0 Å². The highest BCUT2D eigenvalue weighted by atomic mass is 79.9. The Bertz CT molecular complexity index is 1310. The summed E-state index contributed by atoms with van der Waals surface area (Å²) in [5.41, 5.74) is 1.14. The number of aromatic nitrogens is 2. The van der Waals surface area contributed by atoms with Gasteiger partial charge in [-0.1, -0.05) is 35.2 Å². The molecule has 2 aromatic carbocycles. The van der Waals surface area contributed by atoms with Crippen molar-refractivity contribution in [2.24, 2.45) is 5.10 Å². The highest BCUT2D eigenvalue weighted by Gasteiger charge is 2.22. The van der Waals surface area contributed by atoms with Gasteiger partial charge in [0.25, 0.3) is 5.56 Å². The first-order valence-electron chi connectivity index (χ1n) is 11.3. The summed E-state index contributed by atoms with van der Waals surface area (Å²) in [6.07, 6.45) is 7.00. The normalized spacial score (nSPS) is 14.6. The zero-order valence-electron chi connectivity index (χ0n) is 19.0. The van der Waals surface area contributed by atoms with E-state index < -0.39 is 5.97 Å². The van der Waals surface area contributed by atoms with Crippen LogP contribution in [0.1, 0.15) is 63.3 Å². The van der Waals surface area contributed by atoms with Crippen molar-refractivity contribution in [1.82, 2.24) is 9.66 Å². The molecule has 0 radical (unpaired) electrons. The molecule has 1 aliphatic carbocycles. The predicted octanol–water partition coefficient (Wildman–Crippen LogP) is 6.18. The van der Waals surface area contributed by atoms with E-state index in [0.717, 1.165) is 30.2 Å². The maximum atomic E-state index is 13.5. The number of hydrogen-bond donors (Lipinski definition) is 0. The molecular formula is C25H25Br2N3O4. The van der Waals surface area contributed by atoms with Crippen LogP contribution >= 0.6 is 31.9 Å². The molecule has 0 amide bonds. The van der Waals surface area contributed by atoms with Gasteiger partial charge in [-0.15, -0.1) is 0 Å². The van der Waals surface area contributed by atoms with Gasteiger partial charge < -0.3 is 9.47 Å². The van der Waals surface area contributed by atoms with Crippen LogP contribution in [0.3, 0.4) is 0 Å². The van der Waals surface area contributed by atoms with Crippen LogP contribution in [0.15, 0.2) is 49.2 Å². The third kappa shape index (κ3) is 5.41. The molecular weight excluding hydrogens is 566 g/mol. The molecule has 4 rings (SSSR count). The maximum absolute atomic E-state index is 13.5. The van der Waals surface area contributed by atoms with Crippen LogP contribution in [-0.2, 0) is 4.79 Å². The van der Waals surface area contributed by atoms with E-state index in [9.17, 15) is 9.59 Å². The van der Waals surface area contributed by atoms with Gasteiger partial charge in [-0.2, -0.15) is 9.78 Å². The van der Waals surface area contributed by atoms with E-state index in [2.05, 4.69) is 37.0 Å². The second-order valence-corrected chi connectivity index (χ2v) is 9.95. The summed E-state index contributed by atoms with van der Waals surface area (Å²) in [6.45, 7) is 3.59. The summed E-state index contributed by atoms with van der Waals surface area (Å²) >= 11 is 6.96. The number of ether oxygens (including phenoxy) is 2. The minimum Gasteiger partial charge on any atom is -0.490 e. The van der Waals surface area contributed by atoms with Gasteiger partial charge >= 0.3 is 5.97 Å². The lowest BCUT2D eigenvalue weighted by Gasteiger charge is -2.22. The molecule has 1 heterocycles. The van der Waals surface area contributed by atoms with E-state index in [0.29, 0.717) is 44.9 Å². The molecule has 1 fully saturated rings. The molecule has 0 unspecified atom stereocenters. The van der Waals surface area contributed by atoms with Gasteiger partial charge in [-0.05, 0) is 66.0 Å². The molecule has 1 aliphatic rings. The highest BCUT2D eigenvalue weighted by molar-refractivity contribution is 9.10. The Hall–Kier alpha value is -2.52. The predicted molar refractivity (Wildman–Crippen MR) is 139 cm³/mol. The summed E-state index contributed by atoms with van der Waals surface area (Å²) in [4.78, 5) is 29.8. The van der Waals surface area contributed by atoms with Gasteiger partial charge in [-0.3, -0.25) is 9.59 Å². The van der Waals surface area contributed by atoms with E-state index in [1.54, 1.807) is 24.4 Å². The number of hydrogen-bond acceptors (Lipinski definition) is 6. The van der Waals surface area contributed by atoms with Crippen LogP contribution in [0, 0.1) is 0 Å². The molecule has 0 atom stereocenters. The second-order valence-electron chi connectivity index (χ2n) is 8.18. The maximum Gasteiger partial charge on any atom is 0.308 e. The zero-order valence-corrected chi connectivity index (χ0v) is 22.2. The molecule has 1 saturated carbocycles. The van der Waals surface area contributed by atoms with E-state index in [1.165, 1.54) is 18.0 Å². The van der Waals surface area contributed by atoms with E-state index >= 15 is 0 Å². The summed E-state index contributed by atoms with van der Waals surface area (Å²) < 4.78 is 13.8. The van der Waals surface area contributed by atoms with Crippen molar-refractivity contribution >= 4 is 54.9 Å². The first kappa shape index (κ1) is 24.6. The first-order chi connectivity index (χ1) is 16.4. The number of esters is 1. The quantitative estimate of drug-likeness (QED) is 0.195. The molecule has 1 aromatic heterocycles. The van der Waals surface area contributed by atoms with Crippen LogP contribution in [0.25, 0.3) is 10.9 Å². The largest absolute Gasteiger partial charge is 0.490 e. The summed E-state index contributed by atoms with van der Waals surface area (Å²) in [5.74, 6) is 1.17. The molecule has 0 bridgehead atoms. The van der Waals surface area contributed by atoms with Gasteiger partial charge in [0.05, 0.1) is 23.7 Å². The van der Waals surface area contributed by atoms with Crippen molar-refractivity contribution in [3.63, 3.8) is 0 Å². The molecule has 0 N–H and O–H groups in total. The number of halogens is 2. The third-order valence-corrected chi connectivity index (χ3v) is 6.91. The van der Waals surface area contributed by atoms with Gasteiger partial charge in [0.2, 0.25) is 0 Å². The Labute approximate surface area is 214 Å². The molecule has 3 aromatic rings. The fraction of sp³-hybridized carbons (Fsp3) is 0.360. The zero-order chi connectivity index (χ0) is 24.2. The monoisotopic (exact) mass is 589 g/mol. The molecule has 0 aliphatic heterocycles. The van der Waals surface area contributed by atoms with Gasteiger partial charge in [0, 0.05) is 27.4 Å². The average Bonchev–Trinajstić information content (AvgIpc) is 2.81. The highest BCUT2D eigenvalue weighted by Crippen LogP contribution is 2.34.